The summed E-state index contributed by atoms with van der Waals surface area (Å²) in [5, 5.41) is 6.92. The van der Waals surface area contributed by atoms with Crippen LogP contribution in [0.2, 0.25) is 0 Å². The Kier molecular flexibility index (Phi) is 3.62. The third kappa shape index (κ3) is 3.17. The fourth-order valence-corrected chi connectivity index (χ4v) is 2.44. The van der Waals surface area contributed by atoms with Crippen LogP contribution in [0.3, 0.4) is 0 Å². The number of aromatic nitrogens is 3. The fourth-order valence-electron chi connectivity index (χ4n) is 2.44. The Morgan fingerprint density at radius 3 is 2.60 bits per heavy atom. The molecule has 6 heteroatoms. The molecule has 2 heterocycles. The number of hydrogen-bond donors (Lipinski definition) is 1. The van der Waals surface area contributed by atoms with Gasteiger partial charge in [-0.25, -0.2) is 4.98 Å². The van der Waals surface area contributed by atoms with E-state index < -0.39 is 0 Å². The van der Waals surface area contributed by atoms with Gasteiger partial charge in [0, 0.05) is 18.5 Å². The van der Waals surface area contributed by atoms with Crippen LogP contribution in [0.15, 0.2) is 0 Å². The lowest BCUT2D eigenvalue weighted by molar-refractivity contribution is -0.119. The molecule has 1 aliphatic rings. The summed E-state index contributed by atoms with van der Waals surface area (Å²) in [5.74, 6) is 0.821. The molecule has 1 aromatic rings. The van der Waals surface area contributed by atoms with E-state index in [1.165, 1.54) is 0 Å². The molecule has 0 bridgehead atoms. The first-order chi connectivity index (χ1) is 9.08. The fraction of sp³-hybridized carbons (Fsp3) is 0.786. The van der Waals surface area contributed by atoms with Gasteiger partial charge in [0.15, 0.2) is 0 Å². The second-order valence-electron chi connectivity index (χ2n) is 7.13. The van der Waals surface area contributed by atoms with Gasteiger partial charge in [-0.2, -0.15) is 0 Å². The van der Waals surface area contributed by atoms with Gasteiger partial charge in [-0.1, -0.05) is 20.8 Å². The van der Waals surface area contributed by atoms with Gasteiger partial charge < -0.3 is 9.64 Å². The molecule has 1 atom stereocenters. The highest BCUT2D eigenvalue weighted by Crippen LogP contribution is 2.22. The molecule has 0 radical (unpaired) electrons. The third-order valence-electron chi connectivity index (χ3n) is 3.24. The zero-order valence-corrected chi connectivity index (χ0v) is 13.1. The van der Waals surface area contributed by atoms with Crippen molar-refractivity contribution in [1.29, 1.82) is 0 Å². The first-order valence-electron chi connectivity index (χ1n) is 6.98. The zero-order valence-electron chi connectivity index (χ0n) is 13.1. The predicted molar refractivity (Wildman–Crippen MR) is 75.6 cm³/mol. The van der Waals surface area contributed by atoms with Crippen molar-refractivity contribution in [2.75, 3.05) is 13.1 Å². The van der Waals surface area contributed by atoms with Crippen LogP contribution >= 0.6 is 0 Å². The van der Waals surface area contributed by atoms with Gasteiger partial charge in [-0.3, -0.25) is 9.89 Å². The average Bonchev–Trinajstić information content (AvgIpc) is 2.73. The summed E-state index contributed by atoms with van der Waals surface area (Å²) in [5.41, 5.74) is -0.487. The number of aromatic amines is 1. The molecule has 0 aliphatic carbocycles. The lowest BCUT2D eigenvalue weighted by atomic mass is 9.96. The summed E-state index contributed by atoms with van der Waals surface area (Å²) in [6.45, 7) is 13.2. The number of hydrogen-bond acceptors (Lipinski definition) is 4. The SMILES string of the molecule is CC1CN(C(=O)c2n[nH]c(C(C)(C)C)n2)CC(C)(C)O1. The van der Waals surface area contributed by atoms with Crippen LogP contribution in [0.5, 0.6) is 0 Å². The normalized spacial score (nSPS) is 22.9. The van der Waals surface area contributed by atoms with Crippen LogP contribution in [0.25, 0.3) is 0 Å². The van der Waals surface area contributed by atoms with Crippen molar-refractivity contribution in [3.05, 3.63) is 11.6 Å². The quantitative estimate of drug-likeness (QED) is 0.850. The number of nitrogens with one attached hydrogen (secondary N) is 1. The van der Waals surface area contributed by atoms with Crippen LogP contribution in [0.4, 0.5) is 0 Å². The molecule has 1 saturated heterocycles. The van der Waals surface area contributed by atoms with Crippen molar-refractivity contribution in [2.45, 2.75) is 58.7 Å². The number of amides is 1. The van der Waals surface area contributed by atoms with Crippen LogP contribution in [0.1, 0.15) is 58.0 Å². The van der Waals surface area contributed by atoms with Crippen molar-refractivity contribution < 1.29 is 9.53 Å². The van der Waals surface area contributed by atoms with E-state index in [1.807, 2.05) is 41.5 Å². The maximum atomic E-state index is 12.5. The van der Waals surface area contributed by atoms with Crippen LogP contribution < -0.4 is 0 Å². The Morgan fingerprint density at radius 1 is 1.45 bits per heavy atom. The molecule has 0 saturated carbocycles. The first kappa shape index (κ1) is 15.0. The number of nitrogens with zero attached hydrogens (tertiary/aromatic N) is 3. The predicted octanol–water partition coefficient (Wildman–Crippen LogP) is 1.74. The van der Waals surface area contributed by atoms with Gasteiger partial charge in [-0.05, 0) is 20.8 Å². The van der Waals surface area contributed by atoms with Crippen molar-refractivity contribution in [3.8, 4) is 0 Å². The summed E-state index contributed by atoms with van der Waals surface area (Å²) in [6.07, 6.45) is 0.0173. The largest absolute Gasteiger partial charge is 0.369 e. The van der Waals surface area contributed by atoms with E-state index in [4.69, 9.17) is 4.74 Å². The molecule has 1 unspecified atom stereocenters. The summed E-state index contributed by atoms with van der Waals surface area (Å²) in [4.78, 5) is 18.6. The monoisotopic (exact) mass is 280 g/mol. The molecular weight excluding hydrogens is 256 g/mol. The summed E-state index contributed by atoms with van der Waals surface area (Å²) < 4.78 is 5.81. The molecule has 0 spiro atoms. The van der Waals surface area contributed by atoms with E-state index in [9.17, 15) is 4.79 Å². The molecule has 6 nitrogen and oxygen atoms in total. The van der Waals surface area contributed by atoms with Gasteiger partial charge >= 0.3 is 0 Å². The maximum absolute atomic E-state index is 12.5. The Morgan fingerprint density at radius 2 is 2.10 bits per heavy atom. The van der Waals surface area contributed by atoms with Crippen molar-refractivity contribution in [1.82, 2.24) is 20.1 Å². The molecule has 1 N–H and O–H groups in total. The molecule has 0 aromatic carbocycles. The third-order valence-corrected chi connectivity index (χ3v) is 3.24. The Labute approximate surface area is 119 Å². The van der Waals surface area contributed by atoms with Crippen molar-refractivity contribution in [3.63, 3.8) is 0 Å². The number of morpholine rings is 1. The standard InChI is InChI=1S/C14H24N4O2/c1-9-7-18(8-14(5,6)20-9)11(19)10-15-12(17-16-10)13(2,3)4/h9H,7-8H2,1-6H3,(H,15,16,17). The topological polar surface area (TPSA) is 71.1 Å². The lowest BCUT2D eigenvalue weighted by Crippen LogP contribution is -2.54. The molecule has 1 aromatic heterocycles. The number of carbonyl (C=O) groups is 1. The summed E-state index contributed by atoms with van der Waals surface area (Å²) in [6, 6.07) is 0. The Hall–Kier alpha value is -1.43. The van der Waals surface area contributed by atoms with Crippen LogP contribution in [-0.2, 0) is 10.2 Å². The zero-order chi connectivity index (χ0) is 15.1. The highest BCUT2D eigenvalue weighted by Gasteiger charge is 2.35. The lowest BCUT2D eigenvalue weighted by Gasteiger charge is -2.41. The molecule has 1 amide bonds. The molecule has 1 aliphatic heterocycles. The van der Waals surface area contributed by atoms with E-state index in [2.05, 4.69) is 15.2 Å². The molecule has 112 valence electrons. The Bertz CT molecular complexity index is 502. The number of rotatable bonds is 1. The van der Waals surface area contributed by atoms with Crippen molar-refractivity contribution in [2.24, 2.45) is 0 Å². The highest BCUT2D eigenvalue weighted by molar-refractivity contribution is 5.90. The molecule has 20 heavy (non-hydrogen) atoms. The molecule has 1 fully saturated rings. The first-order valence-corrected chi connectivity index (χ1v) is 6.98. The van der Waals surface area contributed by atoms with E-state index in [-0.39, 0.29) is 28.9 Å². The molecular formula is C14H24N4O2. The van der Waals surface area contributed by atoms with Gasteiger partial charge in [0.1, 0.15) is 5.82 Å². The second kappa shape index (κ2) is 4.84. The second-order valence-corrected chi connectivity index (χ2v) is 7.13. The minimum absolute atomic E-state index is 0.0173. The van der Waals surface area contributed by atoms with E-state index in [0.717, 1.165) is 5.82 Å². The Balaban J connectivity index is 2.17. The van der Waals surface area contributed by atoms with Gasteiger partial charge in [0.2, 0.25) is 5.82 Å². The van der Waals surface area contributed by atoms with Gasteiger partial charge in [0.25, 0.3) is 5.91 Å². The van der Waals surface area contributed by atoms with Gasteiger partial charge in [0.05, 0.1) is 11.7 Å². The number of H-pyrrole nitrogens is 1. The minimum atomic E-state index is -0.337. The smallest absolute Gasteiger partial charge is 0.293 e. The summed E-state index contributed by atoms with van der Waals surface area (Å²) in [7, 11) is 0. The van der Waals surface area contributed by atoms with Crippen molar-refractivity contribution >= 4 is 5.91 Å². The minimum Gasteiger partial charge on any atom is -0.369 e. The molecule has 2 rings (SSSR count). The average molecular weight is 280 g/mol. The summed E-state index contributed by atoms with van der Waals surface area (Å²) >= 11 is 0. The van der Waals surface area contributed by atoms with E-state index in [1.54, 1.807) is 4.90 Å². The highest BCUT2D eigenvalue weighted by atomic mass is 16.5. The van der Waals surface area contributed by atoms with E-state index >= 15 is 0 Å². The van der Waals surface area contributed by atoms with E-state index in [0.29, 0.717) is 13.1 Å². The van der Waals surface area contributed by atoms with Crippen LogP contribution in [0, 0.1) is 0 Å². The van der Waals surface area contributed by atoms with Gasteiger partial charge in [-0.15, -0.1) is 5.10 Å². The van der Waals surface area contributed by atoms with Crippen LogP contribution in [-0.4, -0.2) is 50.8 Å². The number of ether oxygens (including phenoxy) is 1. The maximum Gasteiger partial charge on any atom is 0.293 e. The number of carbonyl (C=O) groups excluding carboxylic acids is 1.